The Kier molecular flexibility index (Phi) is 2.20. The summed E-state index contributed by atoms with van der Waals surface area (Å²) in [6, 6.07) is 6.30. The van der Waals surface area contributed by atoms with Crippen LogP contribution in [0.25, 0.3) is 10.9 Å². The lowest BCUT2D eigenvalue weighted by molar-refractivity contribution is 0.408. The van der Waals surface area contributed by atoms with Crippen molar-refractivity contribution in [2.45, 2.75) is 24.8 Å². The molecular weight excluding hydrogens is 212 g/mol. The molecule has 2 N–H and O–H groups in total. The van der Waals surface area contributed by atoms with E-state index in [1.165, 1.54) is 16.5 Å². The molecule has 0 atom stereocenters. The van der Waals surface area contributed by atoms with Crippen LogP contribution in [0.5, 0.6) is 5.75 Å². The van der Waals surface area contributed by atoms with Crippen molar-refractivity contribution in [1.29, 1.82) is 0 Å². The molecule has 0 saturated heterocycles. The van der Waals surface area contributed by atoms with Crippen LogP contribution < -0.4 is 10.5 Å². The maximum atomic E-state index is 6.24. The van der Waals surface area contributed by atoms with Gasteiger partial charge in [-0.25, -0.2) is 0 Å². The van der Waals surface area contributed by atoms with Gasteiger partial charge in [0, 0.05) is 35.2 Å². The molecule has 0 spiro atoms. The molecule has 1 fully saturated rings. The van der Waals surface area contributed by atoms with Crippen molar-refractivity contribution >= 4 is 10.9 Å². The molecule has 2 aromatic rings. The number of ether oxygens (including phenoxy) is 1. The number of methoxy groups -OCH3 is 1. The molecule has 1 heterocycles. The zero-order chi connectivity index (χ0) is 12.0. The fraction of sp³-hybridized carbons (Fsp3) is 0.429. The third kappa shape index (κ3) is 1.71. The van der Waals surface area contributed by atoms with Crippen LogP contribution in [0.4, 0.5) is 0 Å². The fourth-order valence-electron chi connectivity index (χ4n) is 2.46. The molecule has 1 aromatic heterocycles. The molecule has 0 aliphatic heterocycles. The van der Waals surface area contributed by atoms with Crippen LogP contribution in [0.15, 0.2) is 24.4 Å². The Morgan fingerprint density at radius 3 is 2.76 bits per heavy atom. The Morgan fingerprint density at radius 2 is 2.12 bits per heavy atom. The average Bonchev–Trinajstić information content (AvgIpc) is 2.92. The van der Waals surface area contributed by atoms with Gasteiger partial charge >= 0.3 is 0 Å². The van der Waals surface area contributed by atoms with Gasteiger partial charge in [-0.2, -0.15) is 0 Å². The summed E-state index contributed by atoms with van der Waals surface area (Å²) in [5, 5.41) is 1.27. The number of hydrogen-bond donors (Lipinski definition) is 1. The van der Waals surface area contributed by atoms with Crippen LogP contribution in [0.2, 0.25) is 0 Å². The van der Waals surface area contributed by atoms with Gasteiger partial charge in [-0.05, 0) is 37.5 Å². The molecule has 3 rings (SSSR count). The molecule has 3 heteroatoms. The first kappa shape index (κ1) is 10.7. The second-order valence-electron chi connectivity index (χ2n) is 5.14. The monoisotopic (exact) mass is 230 g/mol. The lowest BCUT2D eigenvalue weighted by atomic mass is 10.00. The minimum Gasteiger partial charge on any atom is -0.496 e. The highest BCUT2D eigenvalue weighted by Crippen LogP contribution is 2.40. The average molecular weight is 230 g/mol. The molecule has 0 bridgehead atoms. The van der Waals surface area contributed by atoms with Gasteiger partial charge in [-0.15, -0.1) is 0 Å². The van der Waals surface area contributed by atoms with Gasteiger partial charge in [0.15, 0.2) is 0 Å². The predicted octanol–water partition coefficient (Wildman–Crippen LogP) is 2.22. The van der Waals surface area contributed by atoms with Crippen LogP contribution in [-0.4, -0.2) is 17.2 Å². The van der Waals surface area contributed by atoms with Gasteiger partial charge in [0.25, 0.3) is 0 Å². The molecule has 1 aromatic carbocycles. The second kappa shape index (κ2) is 3.50. The second-order valence-corrected chi connectivity index (χ2v) is 5.14. The van der Waals surface area contributed by atoms with E-state index in [0.717, 1.165) is 25.0 Å². The molecule has 0 radical (unpaired) electrons. The number of rotatable bonds is 3. The molecule has 3 nitrogen and oxygen atoms in total. The molecule has 1 aliphatic rings. The van der Waals surface area contributed by atoms with Crippen molar-refractivity contribution in [1.82, 2.24) is 4.57 Å². The summed E-state index contributed by atoms with van der Waals surface area (Å²) in [5.41, 5.74) is 8.74. The van der Waals surface area contributed by atoms with E-state index in [4.69, 9.17) is 10.5 Å². The third-order valence-electron chi connectivity index (χ3n) is 3.78. The molecule has 17 heavy (non-hydrogen) atoms. The van der Waals surface area contributed by atoms with Crippen molar-refractivity contribution < 1.29 is 4.74 Å². The Labute approximate surface area is 101 Å². The van der Waals surface area contributed by atoms with Gasteiger partial charge in [-0.1, -0.05) is 0 Å². The van der Waals surface area contributed by atoms with Crippen LogP contribution in [0, 0.1) is 0 Å². The predicted molar refractivity (Wildman–Crippen MR) is 69.3 cm³/mol. The molecular formula is C14H18N2O. The summed E-state index contributed by atoms with van der Waals surface area (Å²) in [6.45, 7) is 0. The van der Waals surface area contributed by atoms with Gasteiger partial charge in [0.05, 0.1) is 7.11 Å². The zero-order valence-corrected chi connectivity index (χ0v) is 10.4. The van der Waals surface area contributed by atoms with Crippen molar-refractivity contribution in [2.24, 2.45) is 12.8 Å². The number of fused-ring (bicyclic) bond motifs is 1. The summed E-state index contributed by atoms with van der Waals surface area (Å²) in [6.07, 6.45) is 5.25. The van der Waals surface area contributed by atoms with Gasteiger partial charge in [0.2, 0.25) is 0 Å². The van der Waals surface area contributed by atoms with E-state index in [9.17, 15) is 0 Å². The van der Waals surface area contributed by atoms with Gasteiger partial charge < -0.3 is 15.0 Å². The quantitative estimate of drug-likeness (QED) is 0.878. The van der Waals surface area contributed by atoms with Crippen LogP contribution in [-0.2, 0) is 13.5 Å². The highest BCUT2D eigenvalue weighted by molar-refractivity contribution is 5.86. The highest BCUT2D eigenvalue weighted by Gasteiger charge is 2.39. The largest absolute Gasteiger partial charge is 0.496 e. The van der Waals surface area contributed by atoms with E-state index in [-0.39, 0.29) is 5.54 Å². The van der Waals surface area contributed by atoms with E-state index in [0.29, 0.717) is 0 Å². The smallest absolute Gasteiger partial charge is 0.122 e. The molecule has 1 aliphatic carbocycles. The molecule has 1 saturated carbocycles. The maximum absolute atomic E-state index is 6.24. The number of nitrogens with two attached hydrogens (primary N) is 1. The first-order chi connectivity index (χ1) is 8.13. The lowest BCUT2D eigenvalue weighted by Crippen LogP contribution is -2.24. The van der Waals surface area contributed by atoms with E-state index in [1.54, 1.807) is 7.11 Å². The fourth-order valence-corrected chi connectivity index (χ4v) is 2.46. The minimum atomic E-state index is 0.0113. The van der Waals surface area contributed by atoms with Crippen LogP contribution in [0.1, 0.15) is 18.4 Å². The Hall–Kier alpha value is -1.48. The van der Waals surface area contributed by atoms with E-state index in [2.05, 4.69) is 29.9 Å². The molecule has 90 valence electrons. The van der Waals surface area contributed by atoms with Crippen molar-refractivity contribution in [3.05, 3.63) is 30.0 Å². The first-order valence-electron chi connectivity index (χ1n) is 6.03. The lowest BCUT2D eigenvalue weighted by Gasteiger charge is -2.14. The van der Waals surface area contributed by atoms with Crippen molar-refractivity contribution in [3.63, 3.8) is 0 Å². The van der Waals surface area contributed by atoms with Gasteiger partial charge in [0.1, 0.15) is 5.75 Å². The van der Waals surface area contributed by atoms with Gasteiger partial charge in [-0.3, -0.25) is 0 Å². The Bertz CT molecular complexity index is 567. The summed E-state index contributed by atoms with van der Waals surface area (Å²) in [5.74, 6) is 0.959. The summed E-state index contributed by atoms with van der Waals surface area (Å²) in [4.78, 5) is 0. The van der Waals surface area contributed by atoms with E-state index in [1.807, 2.05) is 6.07 Å². The number of aryl methyl sites for hydroxylation is 1. The summed E-state index contributed by atoms with van der Waals surface area (Å²) in [7, 11) is 3.79. The maximum Gasteiger partial charge on any atom is 0.122 e. The normalized spacial score (nSPS) is 17.4. The first-order valence-corrected chi connectivity index (χ1v) is 6.03. The number of hydrogen-bond acceptors (Lipinski definition) is 2. The standard InChI is InChI=1S/C14H18N2O/c1-16-8-5-10-11(9-14(15)6-7-14)13(17-2)4-3-12(10)16/h3-5,8H,6-7,9,15H2,1-2H3. The van der Waals surface area contributed by atoms with E-state index >= 15 is 0 Å². The SMILES string of the molecule is COc1ccc2c(ccn2C)c1CC1(N)CC1. The third-order valence-corrected chi connectivity index (χ3v) is 3.78. The summed E-state index contributed by atoms with van der Waals surface area (Å²) >= 11 is 0. The topological polar surface area (TPSA) is 40.2 Å². The Morgan fingerprint density at radius 1 is 1.35 bits per heavy atom. The molecule has 0 amide bonds. The minimum absolute atomic E-state index is 0.0113. The highest BCUT2D eigenvalue weighted by atomic mass is 16.5. The number of nitrogens with zero attached hydrogens (tertiary/aromatic N) is 1. The Balaban J connectivity index is 2.16. The zero-order valence-electron chi connectivity index (χ0n) is 10.4. The molecule has 0 unspecified atom stereocenters. The number of benzene rings is 1. The number of aromatic nitrogens is 1. The van der Waals surface area contributed by atoms with Crippen LogP contribution >= 0.6 is 0 Å². The van der Waals surface area contributed by atoms with E-state index < -0.39 is 0 Å². The van der Waals surface area contributed by atoms with Crippen molar-refractivity contribution in [2.75, 3.05) is 7.11 Å². The van der Waals surface area contributed by atoms with Crippen LogP contribution in [0.3, 0.4) is 0 Å². The van der Waals surface area contributed by atoms with Crippen molar-refractivity contribution in [3.8, 4) is 5.75 Å². The summed E-state index contributed by atoms with van der Waals surface area (Å²) < 4.78 is 7.60.